The van der Waals surface area contributed by atoms with Crippen LogP contribution < -0.4 is 5.32 Å². The Labute approximate surface area is 148 Å². The van der Waals surface area contributed by atoms with Crippen LogP contribution in [0.3, 0.4) is 0 Å². The molecule has 1 aliphatic rings. The first-order valence-corrected chi connectivity index (χ1v) is 8.84. The van der Waals surface area contributed by atoms with Gasteiger partial charge in [0.05, 0.1) is 12.5 Å². The van der Waals surface area contributed by atoms with Crippen LogP contribution in [-0.2, 0) is 16.0 Å². The van der Waals surface area contributed by atoms with Gasteiger partial charge in [0.25, 0.3) is 0 Å². The molecule has 2 aromatic carbocycles. The third kappa shape index (κ3) is 3.58. The first kappa shape index (κ1) is 17.2. The summed E-state index contributed by atoms with van der Waals surface area (Å²) in [5.74, 6) is -0.0987. The molecule has 25 heavy (non-hydrogen) atoms. The SMILES string of the molecule is CCCN1C(=O)Cc2ccccc2C1C(=O)NC(C)c1ccccc1. The van der Waals surface area contributed by atoms with Gasteiger partial charge in [-0.2, -0.15) is 0 Å². The van der Waals surface area contributed by atoms with Gasteiger partial charge < -0.3 is 10.2 Å². The normalized spacial score (nSPS) is 17.8. The number of carbonyl (C=O) groups excluding carboxylic acids is 2. The second-order valence-electron chi connectivity index (χ2n) is 6.51. The van der Waals surface area contributed by atoms with E-state index in [4.69, 9.17) is 0 Å². The van der Waals surface area contributed by atoms with Gasteiger partial charge >= 0.3 is 0 Å². The third-order valence-electron chi connectivity index (χ3n) is 4.69. The number of rotatable bonds is 5. The van der Waals surface area contributed by atoms with Crippen LogP contribution in [0, 0.1) is 0 Å². The molecule has 4 nitrogen and oxygen atoms in total. The Hall–Kier alpha value is -2.62. The fraction of sp³-hybridized carbons (Fsp3) is 0.333. The summed E-state index contributed by atoms with van der Waals surface area (Å²) in [6.07, 6.45) is 1.19. The van der Waals surface area contributed by atoms with E-state index in [0.717, 1.165) is 23.1 Å². The minimum atomic E-state index is -0.552. The molecule has 0 fully saturated rings. The molecule has 2 atom stereocenters. The van der Waals surface area contributed by atoms with Crippen molar-refractivity contribution in [3.05, 3.63) is 71.3 Å². The van der Waals surface area contributed by atoms with Crippen molar-refractivity contribution < 1.29 is 9.59 Å². The van der Waals surface area contributed by atoms with Crippen LogP contribution in [0.4, 0.5) is 0 Å². The number of fused-ring (bicyclic) bond motifs is 1. The van der Waals surface area contributed by atoms with Crippen LogP contribution >= 0.6 is 0 Å². The van der Waals surface area contributed by atoms with Crippen molar-refractivity contribution in [1.29, 1.82) is 0 Å². The molecule has 1 aliphatic heterocycles. The highest BCUT2D eigenvalue weighted by atomic mass is 16.2. The predicted octanol–water partition coefficient (Wildman–Crippen LogP) is 3.40. The highest BCUT2D eigenvalue weighted by Gasteiger charge is 2.36. The second-order valence-corrected chi connectivity index (χ2v) is 6.51. The Morgan fingerprint density at radius 3 is 2.56 bits per heavy atom. The highest BCUT2D eigenvalue weighted by molar-refractivity contribution is 5.92. The second kappa shape index (κ2) is 7.51. The van der Waals surface area contributed by atoms with Crippen molar-refractivity contribution in [2.45, 2.75) is 38.8 Å². The van der Waals surface area contributed by atoms with Gasteiger partial charge in [-0.1, -0.05) is 61.5 Å². The minimum Gasteiger partial charge on any atom is -0.347 e. The molecule has 1 N–H and O–H groups in total. The van der Waals surface area contributed by atoms with Gasteiger partial charge in [-0.25, -0.2) is 0 Å². The molecule has 0 saturated heterocycles. The van der Waals surface area contributed by atoms with Crippen LogP contribution in [0.15, 0.2) is 54.6 Å². The van der Waals surface area contributed by atoms with Gasteiger partial charge in [-0.15, -0.1) is 0 Å². The fourth-order valence-corrected chi connectivity index (χ4v) is 3.43. The van der Waals surface area contributed by atoms with Crippen LogP contribution in [0.2, 0.25) is 0 Å². The van der Waals surface area contributed by atoms with Gasteiger partial charge in [0.1, 0.15) is 6.04 Å². The molecular formula is C21H24N2O2. The van der Waals surface area contributed by atoms with E-state index in [9.17, 15) is 9.59 Å². The third-order valence-corrected chi connectivity index (χ3v) is 4.69. The maximum Gasteiger partial charge on any atom is 0.247 e. The Kier molecular flexibility index (Phi) is 5.17. The maximum absolute atomic E-state index is 13.1. The summed E-state index contributed by atoms with van der Waals surface area (Å²) < 4.78 is 0. The summed E-state index contributed by atoms with van der Waals surface area (Å²) in [6.45, 7) is 4.58. The lowest BCUT2D eigenvalue weighted by Gasteiger charge is -2.36. The molecular weight excluding hydrogens is 312 g/mol. The van der Waals surface area contributed by atoms with E-state index in [0.29, 0.717) is 13.0 Å². The summed E-state index contributed by atoms with van der Waals surface area (Å²) >= 11 is 0. The first-order chi connectivity index (χ1) is 12.1. The Balaban J connectivity index is 1.88. The zero-order valence-electron chi connectivity index (χ0n) is 14.7. The Morgan fingerprint density at radius 1 is 1.16 bits per heavy atom. The Bertz CT molecular complexity index is 758. The van der Waals surface area contributed by atoms with Crippen molar-refractivity contribution in [2.75, 3.05) is 6.54 Å². The van der Waals surface area contributed by atoms with Gasteiger partial charge in [-0.05, 0) is 30.0 Å². The fourth-order valence-electron chi connectivity index (χ4n) is 3.43. The first-order valence-electron chi connectivity index (χ1n) is 8.84. The van der Waals surface area contributed by atoms with Gasteiger partial charge in [-0.3, -0.25) is 9.59 Å². The van der Waals surface area contributed by atoms with Crippen LogP contribution in [-0.4, -0.2) is 23.3 Å². The minimum absolute atomic E-state index is 0.0214. The summed E-state index contributed by atoms with van der Waals surface area (Å²) in [5, 5.41) is 3.08. The maximum atomic E-state index is 13.1. The summed E-state index contributed by atoms with van der Waals surface area (Å²) in [4.78, 5) is 27.4. The number of nitrogens with zero attached hydrogens (tertiary/aromatic N) is 1. The van der Waals surface area contributed by atoms with Crippen molar-refractivity contribution in [1.82, 2.24) is 10.2 Å². The average molecular weight is 336 g/mol. The lowest BCUT2D eigenvalue weighted by atomic mass is 9.91. The lowest BCUT2D eigenvalue weighted by molar-refractivity contribution is -0.141. The number of hydrogen-bond donors (Lipinski definition) is 1. The summed E-state index contributed by atoms with van der Waals surface area (Å²) in [7, 11) is 0. The van der Waals surface area contributed by atoms with Gasteiger partial charge in [0.2, 0.25) is 11.8 Å². The molecule has 3 rings (SSSR count). The van der Waals surface area contributed by atoms with E-state index in [1.807, 2.05) is 68.4 Å². The number of benzene rings is 2. The van der Waals surface area contributed by atoms with Crippen molar-refractivity contribution >= 4 is 11.8 Å². The number of carbonyl (C=O) groups is 2. The van der Waals surface area contributed by atoms with Gasteiger partial charge in [0.15, 0.2) is 0 Å². The molecule has 0 aliphatic carbocycles. The quantitative estimate of drug-likeness (QED) is 0.910. The Morgan fingerprint density at radius 2 is 1.84 bits per heavy atom. The van der Waals surface area contributed by atoms with Crippen LogP contribution in [0.25, 0.3) is 0 Å². The van der Waals surface area contributed by atoms with E-state index in [-0.39, 0.29) is 17.9 Å². The lowest BCUT2D eigenvalue weighted by Crippen LogP contribution is -2.48. The van der Waals surface area contributed by atoms with Gasteiger partial charge in [0, 0.05) is 6.54 Å². The molecule has 1 heterocycles. The topological polar surface area (TPSA) is 49.4 Å². The smallest absolute Gasteiger partial charge is 0.247 e. The molecule has 0 bridgehead atoms. The molecule has 130 valence electrons. The number of hydrogen-bond acceptors (Lipinski definition) is 2. The van der Waals surface area contributed by atoms with E-state index in [2.05, 4.69) is 5.32 Å². The van der Waals surface area contributed by atoms with E-state index in [1.165, 1.54) is 0 Å². The van der Waals surface area contributed by atoms with Crippen molar-refractivity contribution in [3.63, 3.8) is 0 Å². The molecule has 0 radical (unpaired) electrons. The van der Waals surface area contributed by atoms with Crippen molar-refractivity contribution in [3.8, 4) is 0 Å². The highest BCUT2D eigenvalue weighted by Crippen LogP contribution is 2.31. The van der Waals surface area contributed by atoms with Crippen LogP contribution in [0.1, 0.15) is 49.0 Å². The molecule has 2 unspecified atom stereocenters. The number of nitrogens with one attached hydrogen (secondary N) is 1. The largest absolute Gasteiger partial charge is 0.347 e. The molecule has 0 saturated carbocycles. The number of amides is 2. The zero-order chi connectivity index (χ0) is 17.8. The van der Waals surface area contributed by atoms with E-state index < -0.39 is 6.04 Å². The van der Waals surface area contributed by atoms with Crippen LogP contribution in [0.5, 0.6) is 0 Å². The molecule has 2 amide bonds. The van der Waals surface area contributed by atoms with Crippen molar-refractivity contribution in [2.24, 2.45) is 0 Å². The molecule has 2 aromatic rings. The summed E-state index contributed by atoms with van der Waals surface area (Å²) in [5.41, 5.74) is 2.94. The average Bonchev–Trinajstić information content (AvgIpc) is 2.63. The predicted molar refractivity (Wildman–Crippen MR) is 97.9 cm³/mol. The zero-order valence-corrected chi connectivity index (χ0v) is 14.7. The summed E-state index contributed by atoms with van der Waals surface area (Å²) in [6, 6.07) is 17.0. The van der Waals surface area contributed by atoms with E-state index >= 15 is 0 Å². The molecule has 0 aromatic heterocycles. The van der Waals surface area contributed by atoms with E-state index in [1.54, 1.807) is 4.90 Å². The standard InChI is InChI=1S/C21H24N2O2/c1-3-13-23-19(24)14-17-11-7-8-12-18(17)20(23)21(25)22-15(2)16-9-5-4-6-10-16/h4-12,15,20H,3,13-14H2,1-2H3,(H,22,25). The molecule has 0 spiro atoms. The molecule has 4 heteroatoms. The monoisotopic (exact) mass is 336 g/mol.